The van der Waals surface area contributed by atoms with Crippen LogP contribution in [0.25, 0.3) is 0 Å². The molecule has 2 amide bonds. The second kappa shape index (κ2) is 13.3. The highest BCUT2D eigenvalue weighted by Crippen LogP contribution is 2.40. The van der Waals surface area contributed by atoms with Gasteiger partial charge in [0.25, 0.3) is 5.91 Å². The minimum Gasteiger partial charge on any atom is -0.493 e. The predicted molar refractivity (Wildman–Crippen MR) is 155 cm³/mol. The number of esters is 1. The summed E-state index contributed by atoms with van der Waals surface area (Å²) in [6, 6.07) is 3.07. The number of nitrogens with zero attached hydrogens (tertiary/aromatic N) is 2. The fourth-order valence-electron chi connectivity index (χ4n) is 4.18. The van der Waals surface area contributed by atoms with Crippen LogP contribution in [0.4, 0.5) is 10.1 Å². The molecule has 1 aliphatic carbocycles. The number of ether oxygens (including phenoxy) is 4. The van der Waals surface area contributed by atoms with Gasteiger partial charge in [0.15, 0.2) is 15.8 Å². The first-order chi connectivity index (χ1) is 19.3. The molecule has 0 bridgehead atoms. The number of hydrogen-bond acceptors (Lipinski definition) is 12. The summed E-state index contributed by atoms with van der Waals surface area (Å²) in [5, 5.41) is 14.0. The van der Waals surface area contributed by atoms with Crippen LogP contribution in [0.2, 0.25) is 0 Å². The monoisotopic (exact) mass is 606 g/mol. The van der Waals surface area contributed by atoms with Crippen molar-refractivity contribution >= 4 is 62.4 Å². The molecule has 214 valence electrons. The van der Waals surface area contributed by atoms with E-state index in [9.17, 15) is 14.4 Å². The lowest BCUT2D eigenvalue weighted by Gasteiger charge is -2.13. The molecule has 40 heavy (non-hydrogen) atoms. The maximum absolute atomic E-state index is 13.1. The normalized spacial score (nSPS) is 13.1. The van der Waals surface area contributed by atoms with Crippen LogP contribution < -0.4 is 24.8 Å². The molecular formula is C26H30N4O7S3. The van der Waals surface area contributed by atoms with Crippen LogP contribution >= 0.6 is 34.4 Å². The molecule has 1 atom stereocenters. The Morgan fingerprint density at radius 3 is 2.35 bits per heavy atom. The lowest BCUT2D eigenvalue weighted by Crippen LogP contribution is -2.23. The van der Waals surface area contributed by atoms with Crippen LogP contribution in [0.1, 0.15) is 57.8 Å². The number of carbonyl (C=O) groups excluding carboxylic acids is 3. The molecule has 0 aliphatic heterocycles. The second-order valence-corrected chi connectivity index (χ2v) is 12.3. The van der Waals surface area contributed by atoms with Crippen molar-refractivity contribution in [2.24, 2.45) is 0 Å². The molecule has 4 rings (SSSR count). The first kappa shape index (κ1) is 29.6. The van der Waals surface area contributed by atoms with E-state index in [0.717, 1.165) is 47.5 Å². The number of anilines is 2. The Morgan fingerprint density at radius 2 is 1.70 bits per heavy atom. The fourth-order valence-corrected chi connectivity index (χ4v) is 7.35. The van der Waals surface area contributed by atoms with Gasteiger partial charge in [-0.1, -0.05) is 23.1 Å². The van der Waals surface area contributed by atoms with Gasteiger partial charge >= 0.3 is 5.97 Å². The zero-order valence-electron chi connectivity index (χ0n) is 22.7. The zero-order chi connectivity index (χ0) is 28.8. The number of fused-ring (bicyclic) bond motifs is 1. The Labute approximate surface area is 243 Å². The van der Waals surface area contributed by atoms with E-state index in [2.05, 4.69) is 20.8 Å². The van der Waals surface area contributed by atoms with Crippen molar-refractivity contribution in [3.63, 3.8) is 0 Å². The van der Waals surface area contributed by atoms with Gasteiger partial charge in [-0.25, -0.2) is 4.79 Å². The van der Waals surface area contributed by atoms with Gasteiger partial charge in [0.1, 0.15) is 5.00 Å². The van der Waals surface area contributed by atoms with Gasteiger partial charge in [0.2, 0.25) is 16.8 Å². The molecule has 0 fully saturated rings. The number of amides is 2. The van der Waals surface area contributed by atoms with Gasteiger partial charge in [-0.3, -0.25) is 14.9 Å². The summed E-state index contributed by atoms with van der Waals surface area (Å²) in [4.78, 5) is 39.8. The van der Waals surface area contributed by atoms with Crippen LogP contribution in [-0.4, -0.2) is 61.2 Å². The van der Waals surface area contributed by atoms with E-state index >= 15 is 0 Å². The molecule has 0 spiro atoms. The highest BCUT2D eigenvalue weighted by atomic mass is 32.2. The third-order valence-electron chi connectivity index (χ3n) is 6.09. The Morgan fingerprint density at radius 1 is 1.00 bits per heavy atom. The van der Waals surface area contributed by atoms with Gasteiger partial charge in [-0.05, 0) is 57.2 Å². The van der Waals surface area contributed by atoms with Gasteiger partial charge in [0.05, 0.1) is 38.7 Å². The lowest BCUT2D eigenvalue weighted by atomic mass is 9.95. The molecular weight excluding hydrogens is 577 g/mol. The van der Waals surface area contributed by atoms with Crippen molar-refractivity contribution < 1.29 is 33.3 Å². The second-order valence-electron chi connectivity index (χ2n) is 8.63. The molecule has 0 radical (unpaired) electrons. The van der Waals surface area contributed by atoms with Crippen molar-refractivity contribution in [2.45, 2.75) is 49.1 Å². The number of aromatic nitrogens is 2. The number of rotatable bonds is 11. The minimum absolute atomic E-state index is 0.262. The molecule has 1 unspecified atom stereocenters. The van der Waals surface area contributed by atoms with Crippen molar-refractivity contribution in [2.75, 3.05) is 38.6 Å². The van der Waals surface area contributed by atoms with Crippen molar-refractivity contribution in [3.05, 3.63) is 33.7 Å². The Kier molecular flexibility index (Phi) is 9.87. The Bertz CT molecular complexity index is 1380. The van der Waals surface area contributed by atoms with Crippen molar-refractivity contribution in [3.8, 4) is 17.2 Å². The third-order valence-corrected chi connectivity index (χ3v) is 9.32. The van der Waals surface area contributed by atoms with Crippen molar-refractivity contribution in [1.29, 1.82) is 0 Å². The molecule has 0 saturated heterocycles. The maximum Gasteiger partial charge on any atom is 0.341 e. The Hall–Kier alpha value is -3.36. The summed E-state index contributed by atoms with van der Waals surface area (Å²) in [5.74, 6) is -0.0519. The SMILES string of the molecule is CCOC(=O)c1c(NC(=O)C(C)Sc2nnc(NC(=O)c3cc(OC)c(OC)c(OC)c3)s2)sc2c1CCCC2. The van der Waals surface area contributed by atoms with Crippen molar-refractivity contribution in [1.82, 2.24) is 10.2 Å². The average molecular weight is 607 g/mol. The first-order valence-corrected chi connectivity index (χ1v) is 15.0. The lowest BCUT2D eigenvalue weighted by molar-refractivity contribution is -0.115. The standard InChI is InChI=1S/C26H30N4O7S3/c1-6-37-24(33)19-15-9-7-8-10-18(15)39-23(19)27-21(31)13(2)38-26-30-29-25(40-26)28-22(32)14-11-16(34-3)20(36-5)17(12-14)35-4/h11-13H,6-10H2,1-5H3,(H,27,31)(H,28,29,32). The first-order valence-electron chi connectivity index (χ1n) is 12.5. The molecule has 11 nitrogen and oxygen atoms in total. The van der Waals surface area contributed by atoms with E-state index in [4.69, 9.17) is 18.9 Å². The smallest absolute Gasteiger partial charge is 0.341 e. The van der Waals surface area contributed by atoms with Gasteiger partial charge in [-0.2, -0.15) is 0 Å². The number of nitrogens with one attached hydrogen (secondary N) is 2. The molecule has 0 saturated carbocycles. The summed E-state index contributed by atoms with van der Waals surface area (Å²) in [6.07, 6.45) is 3.76. The third kappa shape index (κ3) is 6.50. The summed E-state index contributed by atoms with van der Waals surface area (Å²) < 4.78 is 21.7. The Balaban J connectivity index is 1.42. The maximum atomic E-state index is 13.1. The number of carbonyl (C=O) groups is 3. The van der Waals surface area contributed by atoms with Crippen LogP contribution in [0.15, 0.2) is 16.5 Å². The number of methoxy groups -OCH3 is 3. The number of thioether (sulfide) groups is 1. The van der Waals surface area contributed by atoms with E-state index in [1.54, 1.807) is 13.8 Å². The molecule has 2 aromatic heterocycles. The molecule has 2 N–H and O–H groups in total. The van der Waals surface area contributed by atoms with E-state index in [1.165, 1.54) is 56.6 Å². The molecule has 1 aromatic carbocycles. The summed E-state index contributed by atoms with van der Waals surface area (Å²) in [5.41, 5.74) is 1.74. The summed E-state index contributed by atoms with van der Waals surface area (Å²) in [6.45, 7) is 3.77. The van der Waals surface area contributed by atoms with Gasteiger partial charge < -0.3 is 24.3 Å². The molecule has 2 heterocycles. The zero-order valence-corrected chi connectivity index (χ0v) is 25.2. The van der Waals surface area contributed by atoms with E-state index < -0.39 is 17.1 Å². The number of thiophene rings is 1. The van der Waals surface area contributed by atoms with E-state index in [0.29, 0.717) is 32.2 Å². The predicted octanol–water partition coefficient (Wildman–Crippen LogP) is 5.05. The summed E-state index contributed by atoms with van der Waals surface area (Å²) >= 11 is 3.79. The van der Waals surface area contributed by atoms with Crippen LogP contribution in [-0.2, 0) is 22.4 Å². The largest absolute Gasteiger partial charge is 0.493 e. The number of aryl methyl sites for hydroxylation is 1. The average Bonchev–Trinajstić information content (AvgIpc) is 3.55. The molecule has 1 aliphatic rings. The molecule has 3 aromatic rings. The van der Waals surface area contributed by atoms with Crippen LogP contribution in [0.3, 0.4) is 0 Å². The number of benzene rings is 1. The summed E-state index contributed by atoms with van der Waals surface area (Å²) in [7, 11) is 4.42. The topological polar surface area (TPSA) is 138 Å². The minimum atomic E-state index is -0.541. The van der Waals surface area contributed by atoms with Crippen LogP contribution in [0, 0.1) is 0 Å². The van der Waals surface area contributed by atoms with E-state index in [1.807, 2.05) is 0 Å². The fraction of sp³-hybridized carbons (Fsp3) is 0.423. The van der Waals surface area contributed by atoms with Gasteiger partial charge in [-0.15, -0.1) is 21.5 Å². The highest BCUT2D eigenvalue weighted by Gasteiger charge is 2.28. The van der Waals surface area contributed by atoms with Gasteiger partial charge in [0, 0.05) is 10.4 Å². The molecule has 14 heteroatoms. The number of hydrogen-bond donors (Lipinski definition) is 2. The quantitative estimate of drug-likeness (QED) is 0.173. The van der Waals surface area contributed by atoms with Crippen LogP contribution in [0.5, 0.6) is 17.2 Å². The highest BCUT2D eigenvalue weighted by molar-refractivity contribution is 8.02. The van der Waals surface area contributed by atoms with E-state index in [-0.39, 0.29) is 23.2 Å².